The van der Waals surface area contributed by atoms with Crippen LogP contribution in [0.25, 0.3) is 11.3 Å². The number of aromatic hydroxyl groups is 1. The van der Waals surface area contributed by atoms with Gasteiger partial charge in [0.15, 0.2) is 5.56 Å². The van der Waals surface area contributed by atoms with Gasteiger partial charge < -0.3 is 20.1 Å². The van der Waals surface area contributed by atoms with E-state index in [9.17, 15) is 20.0 Å². The van der Waals surface area contributed by atoms with Gasteiger partial charge in [0, 0.05) is 41.1 Å². The van der Waals surface area contributed by atoms with Crippen molar-refractivity contribution in [2.45, 2.75) is 71.1 Å². The Bertz CT molecular complexity index is 1300. The second kappa shape index (κ2) is 9.55. The first-order chi connectivity index (χ1) is 17.2. The zero-order valence-electron chi connectivity index (χ0n) is 22.5. The molecule has 0 atom stereocenters. The van der Waals surface area contributed by atoms with Crippen molar-refractivity contribution in [3.63, 3.8) is 0 Å². The lowest BCUT2D eigenvalue weighted by atomic mass is 9.78. The van der Waals surface area contributed by atoms with Gasteiger partial charge in [-0.3, -0.25) is 4.79 Å². The molecule has 198 valence electrons. The predicted molar refractivity (Wildman–Crippen MR) is 144 cm³/mol. The van der Waals surface area contributed by atoms with Crippen LogP contribution in [0.4, 0.5) is 5.82 Å². The number of carbonyl (C=O) groups excluding carboxylic acids is 1. The van der Waals surface area contributed by atoms with E-state index in [0.717, 1.165) is 44.9 Å². The number of carbonyl (C=O) groups is 1. The van der Waals surface area contributed by atoms with Crippen LogP contribution in [0, 0.1) is 10.1 Å². The molecule has 1 fully saturated rings. The van der Waals surface area contributed by atoms with Crippen molar-refractivity contribution in [2.24, 2.45) is 7.05 Å². The largest absolute Gasteiger partial charge is 0.507 e. The molecule has 1 saturated heterocycles. The zero-order valence-corrected chi connectivity index (χ0v) is 23.3. The van der Waals surface area contributed by atoms with Gasteiger partial charge in [-0.2, -0.15) is 0 Å². The number of piperidine rings is 1. The SMILES string of the molecule is Cn1ncc(C(=O)N2CCC(c3nc(-c4cc(C(C)(C)C)c(O)c(C(C)(C)C)c4)cs3)CC2)c1[N+](=O)[O-]. The number of aromatic nitrogens is 3. The summed E-state index contributed by atoms with van der Waals surface area (Å²) in [5.74, 6) is -0.0699. The first-order valence-electron chi connectivity index (χ1n) is 12.5. The molecule has 3 heterocycles. The smallest absolute Gasteiger partial charge is 0.357 e. The molecule has 3 aromatic rings. The highest BCUT2D eigenvalue weighted by molar-refractivity contribution is 7.10. The molecule has 0 radical (unpaired) electrons. The van der Waals surface area contributed by atoms with Crippen molar-refractivity contribution in [1.82, 2.24) is 19.7 Å². The number of likely N-dealkylation sites (tertiary alicyclic amines) is 1. The van der Waals surface area contributed by atoms with Crippen LogP contribution >= 0.6 is 11.3 Å². The monoisotopic (exact) mass is 525 g/mol. The Balaban J connectivity index is 1.54. The first kappa shape index (κ1) is 26.8. The number of amides is 1. The summed E-state index contributed by atoms with van der Waals surface area (Å²) >= 11 is 1.62. The van der Waals surface area contributed by atoms with E-state index in [1.807, 2.05) is 12.1 Å². The molecule has 1 N–H and O–H groups in total. The molecule has 0 bridgehead atoms. The Labute approximate surface area is 221 Å². The average molecular weight is 526 g/mol. The van der Waals surface area contributed by atoms with Crippen molar-refractivity contribution in [2.75, 3.05) is 13.1 Å². The van der Waals surface area contributed by atoms with E-state index in [-0.39, 0.29) is 34.0 Å². The van der Waals surface area contributed by atoms with E-state index < -0.39 is 4.92 Å². The topological polar surface area (TPSA) is 114 Å². The minimum Gasteiger partial charge on any atom is -0.507 e. The fourth-order valence-electron chi connectivity index (χ4n) is 4.83. The van der Waals surface area contributed by atoms with Crippen LogP contribution in [0.5, 0.6) is 5.75 Å². The highest BCUT2D eigenvalue weighted by Gasteiger charge is 2.32. The van der Waals surface area contributed by atoms with E-state index in [2.05, 4.69) is 52.0 Å². The molecule has 9 nitrogen and oxygen atoms in total. The van der Waals surface area contributed by atoms with Crippen LogP contribution in [-0.4, -0.2) is 48.7 Å². The minimum absolute atomic E-state index is 0.0270. The van der Waals surface area contributed by atoms with Crippen molar-refractivity contribution < 1.29 is 14.8 Å². The molecule has 2 aromatic heterocycles. The molecular formula is C27H35N5O4S. The molecule has 1 aliphatic rings. The fourth-order valence-corrected chi connectivity index (χ4v) is 5.83. The number of phenols is 1. The number of nitro groups is 1. The zero-order chi connectivity index (χ0) is 27.3. The van der Waals surface area contributed by atoms with Gasteiger partial charge in [-0.1, -0.05) is 46.6 Å². The Morgan fingerprint density at radius 3 is 2.19 bits per heavy atom. The van der Waals surface area contributed by atoms with E-state index in [1.165, 1.54) is 13.2 Å². The third-order valence-electron chi connectivity index (χ3n) is 6.99. The Morgan fingerprint density at radius 2 is 1.68 bits per heavy atom. The number of phenolic OH excluding ortho intramolecular Hbond substituents is 1. The number of thiazole rings is 1. The maximum absolute atomic E-state index is 13.0. The van der Waals surface area contributed by atoms with Gasteiger partial charge in [-0.05, 0) is 40.7 Å². The number of benzene rings is 1. The normalized spacial score (nSPS) is 15.3. The van der Waals surface area contributed by atoms with Gasteiger partial charge in [-0.15, -0.1) is 16.0 Å². The summed E-state index contributed by atoms with van der Waals surface area (Å²) in [5.41, 5.74) is 3.27. The lowest BCUT2D eigenvalue weighted by molar-refractivity contribution is -0.392. The maximum Gasteiger partial charge on any atom is 0.357 e. The molecule has 37 heavy (non-hydrogen) atoms. The predicted octanol–water partition coefficient (Wildman–Crippen LogP) is 5.77. The van der Waals surface area contributed by atoms with Crippen molar-refractivity contribution in [1.29, 1.82) is 0 Å². The number of hydrogen-bond acceptors (Lipinski definition) is 7. The minimum atomic E-state index is -0.566. The van der Waals surface area contributed by atoms with E-state index in [1.54, 1.807) is 16.2 Å². The molecule has 0 unspecified atom stereocenters. The number of nitrogens with zero attached hydrogens (tertiary/aromatic N) is 5. The Kier molecular flexibility index (Phi) is 6.92. The van der Waals surface area contributed by atoms with Crippen LogP contribution in [0.15, 0.2) is 23.7 Å². The molecular weight excluding hydrogens is 490 g/mol. The standard InChI is InChI=1S/C27H35N5O4S/c1-26(2,3)19-12-17(13-20(22(19)33)27(4,5)6)21-15-37-23(29-21)16-8-10-31(11-9-16)25(34)18-14-28-30(7)24(18)32(35)36/h12-16,33H,8-11H2,1-7H3. The van der Waals surface area contributed by atoms with E-state index in [4.69, 9.17) is 4.98 Å². The van der Waals surface area contributed by atoms with Gasteiger partial charge in [0.1, 0.15) is 12.8 Å². The lowest BCUT2D eigenvalue weighted by Gasteiger charge is -2.30. The fraction of sp³-hybridized carbons (Fsp3) is 0.519. The molecule has 1 aromatic carbocycles. The first-order valence-corrected chi connectivity index (χ1v) is 13.4. The summed E-state index contributed by atoms with van der Waals surface area (Å²) in [5, 5.41) is 29.4. The lowest BCUT2D eigenvalue weighted by Crippen LogP contribution is -2.38. The van der Waals surface area contributed by atoms with Crippen LogP contribution in [0.3, 0.4) is 0 Å². The van der Waals surface area contributed by atoms with Crippen LogP contribution in [0.2, 0.25) is 0 Å². The van der Waals surface area contributed by atoms with Gasteiger partial charge in [0.25, 0.3) is 5.91 Å². The van der Waals surface area contributed by atoms with Crippen molar-refractivity contribution >= 4 is 23.1 Å². The molecule has 1 amide bonds. The number of aryl methyl sites for hydroxylation is 1. The van der Waals surface area contributed by atoms with E-state index in [0.29, 0.717) is 18.8 Å². The third-order valence-corrected chi connectivity index (χ3v) is 7.99. The van der Waals surface area contributed by atoms with Crippen molar-refractivity contribution in [3.8, 4) is 17.0 Å². The molecule has 0 spiro atoms. The van der Waals surface area contributed by atoms with Gasteiger partial charge in [0.05, 0.1) is 16.9 Å². The van der Waals surface area contributed by atoms with Crippen LogP contribution in [0.1, 0.15) is 86.8 Å². The van der Waals surface area contributed by atoms with Gasteiger partial charge in [-0.25, -0.2) is 4.98 Å². The second-order valence-electron chi connectivity index (χ2n) is 11.8. The summed E-state index contributed by atoms with van der Waals surface area (Å²) in [7, 11) is 1.46. The summed E-state index contributed by atoms with van der Waals surface area (Å²) in [6, 6.07) is 4.09. The molecule has 4 rings (SSSR count). The molecule has 1 aliphatic heterocycles. The highest BCUT2D eigenvalue weighted by Crippen LogP contribution is 2.42. The highest BCUT2D eigenvalue weighted by atomic mass is 32.1. The maximum atomic E-state index is 13.0. The quantitative estimate of drug-likeness (QED) is 0.341. The van der Waals surface area contributed by atoms with E-state index >= 15 is 0 Å². The average Bonchev–Trinajstić information content (AvgIpc) is 3.44. The summed E-state index contributed by atoms with van der Waals surface area (Å²) in [4.78, 5) is 30.4. The summed E-state index contributed by atoms with van der Waals surface area (Å²) in [6.07, 6.45) is 2.75. The number of hydrogen-bond donors (Lipinski definition) is 1. The van der Waals surface area contributed by atoms with Crippen LogP contribution in [-0.2, 0) is 17.9 Å². The van der Waals surface area contributed by atoms with Crippen LogP contribution < -0.4 is 0 Å². The number of rotatable bonds is 4. The summed E-state index contributed by atoms with van der Waals surface area (Å²) in [6.45, 7) is 13.6. The molecule has 0 saturated carbocycles. The third kappa shape index (κ3) is 5.25. The second-order valence-corrected chi connectivity index (χ2v) is 12.7. The summed E-state index contributed by atoms with van der Waals surface area (Å²) < 4.78 is 1.12. The Morgan fingerprint density at radius 1 is 1.11 bits per heavy atom. The van der Waals surface area contributed by atoms with Gasteiger partial charge >= 0.3 is 5.82 Å². The van der Waals surface area contributed by atoms with Gasteiger partial charge in [0.2, 0.25) is 0 Å². The van der Waals surface area contributed by atoms with Crippen molar-refractivity contribution in [3.05, 3.63) is 55.5 Å². The Hall–Kier alpha value is -3.27. The molecule has 10 heteroatoms. The molecule has 0 aliphatic carbocycles.